The topological polar surface area (TPSA) is 41.1 Å². The average Bonchev–Trinajstić information content (AvgIpc) is 2.41. The van der Waals surface area contributed by atoms with Crippen LogP contribution in [0.5, 0.6) is 0 Å². The zero-order chi connectivity index (χ0) is 16.3. The number of benzene rings is 2. The summed E-state index contributed by atoms with van der Waals surface area (Å²) in [5.41, 5.74) is -1.63. The van der Waals surface area contributed by atoms with Gasteiger partial charge in [0.1, 0.15) is 5.82 Å². The minimum atomic E-state index is -4.62. The monoisotopic (exact) mass is 332 g/mol. The highest BCUT2D eigenvalue weighted by Gasteiger charge is 2.33. The van der Waals surface area contributed by atoms with Crippen molar-refractivity contribution in [2.45, 2.75) is 6.18 Å². The molecule has 0 atom stereocenters. The Kier molecular flexibility index (Phi) is 4.56. The van der Waals surface area contributed by atoms with Gasteiger partial charge in [-0.2, -0.15) is 13.2 Å². The number of urea groups is 1. The Morgan fingerprint density at radius 1 is 1.00 bits per heavy atom. The first kappa shape index (κ1) is 16.1. The van der Waals surface area contributed by atoms with Gasteiger partial charge in [-0.05, 0) is 30.3 Å². The summed E-state index contributed by atoms with van der Waals surface area (Å²) in [6.45, 7) is 0. The first-order chi connectivity index (χ1) is 10.3. The molecule has 0 fully saturated rings. The van der Waals surface area contributed by atoms with Crippen LogP contribution in [0.4, 0.5) is 33.7 Å². The minimum absolute atomic E-state index is 0.130. The highest BCUT2D eigenvalue weighted by atomic mass is 35.5. The van der Waals surface area contributed by atoms with Crippen molar-refractivity contribution in [2.24, 2.45) is 0 Å². The van der Waals surface area contributed by atoms with E-state index in [2.05, 4.69) is 5.32 Å². The second-order valence-electron chi connectivity index (χ2n) is 4.25. The number of hydrogen-bond acceptors (Lipinski definition) is 1. The van der Waals surface area contributed by atoms with Gasteiger partial charge in [0, 0.05) is 5.02 Å². The Labute approximate surface area is 127 Å². The van der Waals surface area contributed by atoms with Gasteiger partial charge in [0.05, 0.1) is 16.9 Å². The van der Waals surface area contributed by atoms with Crippen LogP contribution in [0.25, 0.3) is 0 Å². The molecule has 2 N–H and O–H groups in total. The van der Waals surface area contributed by atoms with Crippen molar-refractivity contribution in [1.29, 1.82) is 0 Å². The summed E-state index contributed by atoms with van der Waals surface area (Å²) in [7, 11) is 0. The molecule has 0 saturated carbocycles. The normalized spacial score (nSPS) is 11.1. The molecule has 0 aliphatic carbocycles. The zero-order valence-corrected chi connectivity index (χ0v) is 11.6. The third-order valence-electron chi connectivity index (χ3n) is 2.66. The molecule has 2 aromatic carbocycles. The number of carbonyl (C=O) groups excluding carboxylic acids is 1. The van der Waals surface area contributed by atoms with Gasteiger partial charge in [-0.1, -0.05) is 23.7 Å². The second kappa shape index (κ2) is 6.23. The standard InChI is InChI=1S/C14H9ClF4N2O/c15-8-5-6-12(10(16)7-8)21-13(22)20-11-4-2-1-3-9(11)14(17,18)19/h1-7H,(H2,20,21,22). The van der Waals surface area contributed by atoms with Crippen molar-refractivity contribution < 1.29 is 22.4 Å². The Balaban J connectivity index is 2.16. The van der Waals surface area contributed by atoms with E-state index >= 15 is 0 Å². The number of nitrogens with one attached hydrogen (secondary N) is 2. The fraction of sp³-hybridized carbons (Fsp3) is 0.0714. The molecule has 2 rings (SSSR count). The summed E-state index contributed by atoms with van der Waals surface area (Å²) in [6, 6.07) is 6.98. The lowest BCUT2D eigenvalue weighted by atomic mass is 10.1. The van der Waals surface area contributed by atoms with E-state index in [1.54, 1.807) is 0 Å². The summed E-state index contributed by atoms with van der Waals surface area (Å²) >= 11 is 5.56. The van der Waals surface area contributed by atoms with E-state index in [1.165, 1.54) is 24.3 Å². The van der Waals surface area contributed by atoms with Crippen molar-refractivity contribution in [1.82, 2.24) is 0 Å². The molecule has 0 aromatic heterocycles. The molecule has 8 heteroatoms. The Morgan fingerprint density at radius 3 is 2.27 bits per heavy atom. The van der Waals surface area contributed by atoms with Gasteiger partial charge in [-0.25, -0.2) is 9.18 Å². The first-order valence-corrected chi connectivity index (χ1v) is 6.34. The van der Waals surface area contributed by atoms with Crippen LogP contribution in [0.2, 0.25) is 5.02 Å². The average molecular weight is 333 g/mol. The van der Waals surface area contributed by atoms with Crippen molar-refractivity contribution in [3.63, 3.8) is 0 Å². The maximum Gasteiger partial charge on any atom is 0.418 e. The lowest BCUT2D eigenvalue weighted by Gasteiger charge is -2.14. The maximum atomic E-state index is 13.5. The number of para-hydroxylation sites is 1. The molecule has 0 aliphatic rings. The molecule has 3 nitrogen and oxygen atoms in total. The van der Waals surface area contributed by atoms with Crippen LogP contribution in [0.3, 0.4) is 0 Å². The van der Waals surface area contributed by atoms with E-state index in [0.29, 0.717) is 0 Å². The molecule has 0 radical (unpaired) electrons. The molecule has 0 unspecified atom stereocenters. The second-order valence-corrected chi connectivity index (χ2v) is 4.68. The van der Waals surface area contributed by atoms with E-state index < -0.39 is 29.3 Å². The smallest absolute Gasteiger partial charge is 0.307 e. The number of hydrogen-bond donors (Lipinski definition) is 2. The van der Waals surface area contributed by atoms with E-state index in [0.717, 1.165) is 18.2 Å². The quantitative estimate of drug-likeness (QED) is 0.734. The molecule has 22 heavy (non-hydrogen) atoms. The molecule has 116 valence electrons. The summed E-state index contributed by atoms with van der Waals surface area (Å²) in [5, 5.41) is 4.28. The third kappa shape index (κ3) is 3.88. The van der Waals surface area contributed by atoms with Crippen LogP contribution in [0.1, 0.15) is 5.56 Å². The van der Waals surface area contributed by atoms with Crippen LogP contribution in [0, 0.1) is 5.82 Å². The number of amides is 2. The molecular weight excluding hydrogens is 324 g/mol. The van der Waals surface area contributed by atoms with Gasteiger partial charge < -0.3 is 10.6 Å². The molecule has 2 aromatic rings. The first-order valence-electron chi connectivity index (χ1n) is 5.96. The predicted molar refractivity (Wildman–Crippen MR) is 75.5 cm³/mol. The van der Waals surface area contributed by atoms with Gasteiger partial charge in [0.15, 0.2) is 0 Å². The highest BCUT2D eigenvalue weighted by Crippen LogP contribution is 2.34. The van der Waals surface area contributed by atoms with Crippen LogP contribution in [-0.2, 0) is 6.18 Å². The Hall–Kier alpha value is -2.28. The fourth-order valence-corrected chi connectivity index (χ4v) is 1.86. The van der Waals surface area contributed by atoms with E-state index in [4.69, 9.17) is 11.6 Å². The third-order valence-corrected chi connectivity index (χ3v) is 2.90. The van der Waals surface area contributed by atoms with Crippen LogP contribution >= 0.6 is 11.6 Å². The van der Waals surface area contributed by atoms with Crippen LogP contribution < -0.4 is 10.6 Å². The van der Waals surface area contributed by atoms with Gasteiger partial charge in [-0.3, -0.25) is 0 Å². The summed E-state index contributed by atoms with van der Waals surface area (Å²) in [5.74, 6) is -0.799. The minimum Gasteiger partial charge on any atom is -0.307 e. The van der Waals surface area contributed by atoms with Crippen LogP contribution in [0.15, 0.2) is 42.5 Å². The Morgan fingerprint density at radius 2 is 1.64 bits per heavy atom. The lowest BCUT2D eigenvalue weighted by molar-refractivity contribution is -0.136. The largest absolute Gasteiger partial charge is 0.418 e. The molecule has 0 heterocycles. The van der Waals surface area contributed by atoms with Crippen molar-refractivity contribution in [3.8, 4) is 0 Å². The molecule has 0 saturated heterocycles. The fourth-order valence-electron chi connectivity index (χ4n) is 1.71. The summed E-state index contributed by atoms with van der Waals surface area (Å²) in [4.78, 5) is 11.7. The number of alkyl halides is 3. The number of carbonyl (C=O) groups is 1. The molecular formula is C14H9ClF4N2O. The molecule has 2 amide bonds. The predicted octanol–water partition coefficient (Wildman–Crippen LogP) is 5.14. The number of anilines is 2. The SMILES string of the molecule is O=C(Nc1ccc(Cl)cc1F)Nc1ccccc1C(F)(F)F. The summed E-state index contributed by atoms with van der Waals surface area (Å²) in [6.07, 6.45) is -4.62. The van der Waals surface area contributed by atoms with Gasteiger partial charge in [0.2, 0.25) is 0 Å². The van der Waals surface area contributed by atoms with Crippen molar-refractivity contribution in [2.75, 3.05) is 10.6 Å². The van der Waals surface area contributed by atoms with E-state index in [9.17, 15) is 22.4 Å². The molecule has 0 spiro atoms. The highest BCUT2D eigenvalue weighted by molar-refractivity contribution is 6.30. The molecule has 0 bridgehead atoms. The maximum absolute atomic E-state index is 13.5. The van der Waals surface area contributed by atoms with Crippen molar-refractivity contribution >= 4 is 29.0 Å². The number of halogens is 5. The summed E-state index contributed by atoms with van der Waals surface area (Å²) < 4.78 is 51.9. The zero-order valence-electron chi connectivity index (χ0n) is 10.8. The lowest BCUT2D eigenvalue weighted by Crippen LogP contribution is -2.22. The van der Waals surface area contributed by atoms with E-state index in [1.807, 2.05) is 5.32 Å². The van der Waals surface area contributed by atoms with Crippen LogP contribution in [-0.4, -0.2) is 6.03 Å². The Bertz CT molecular complexity index is 703. The molecule has 0 aliphatic heterocycles. The van der Waals surface area contributed by atoms with Gasteiger partial charge in [-0.15, -0.1) is 0 Å². The van der Waals surface area contributed by atoms with Gasteiger partial charge in [0.25, 0.3) is 0 Å². The number of rotatable bonds is 2. The van der Waals surface area contributed by atoms with E-state index in [-0.39, 0.29) is 10.7 Å². The van der Waals surface area contributed by atoms with Gasteiger partial charge >= 0.3 is 12.2 Å². The van der Waals surface area contributed by atoms with Crippen molar-refractivity contribution in [3.05, 3.63) is 58.9 Å².